The summed E-state index contributed by atoms with van der Waals surface area (Å²) >= 11 is 0. The van der Waals surface area contributed by atoms with Crippen LogP contribution in [0, 0.1) is 46.3 Å². The van der Waals surface area contributed by atoms with Crippen LogP contribution in [0.5, 0.6) is 0 Å². The molecule has 16 heteroatoms. The lowest BCUT2D eigenvalue weighted by Crippen LogP contribution is -2.48. The summed E-state index contributed by atoms with van der Waals surface area (Å²) in [5.41, 5.74) is 11.4. The molecule has 0 saturated carbocycles. The number of carbonyl (C=O) groups is 2. The van der Waals surface area contributed by atoms with Crippen LogP contribution >= 0.6 is 0 Å². The molecule has 76 heavy (non-hydrogen) atoms. The van der Waals surface area contributed by atoms with Crippen molar-refractivity contribution in [1.29, 1.82) is 10.5 Å². The number of Topliss-reactive ketones (excluding diaryl/α,β-unsaturated/α-hetero) is 2. The van der Waals surface area contributed by atoms with Crippen molar-refractivity contribution in [2.24, 2.45) is 23.7 Å². The number of pyridine rings is 2. The number of aliphatic hydroxyl groups is 1. The zero-order valence-corrected chi connectivity index (χ0v) is 41.9. The molecule has 0 radical (unpaired) electrons. The highest BCUT2D eigenvalue weighted by molar-refractivity contribution is 6.03. The van der Waals surface area contributed by atoms with Gasteiger partial charge in [-0.1, -0.05) is 57.2 Å². The summed E-state index contributed by atoms with van der Waals surface area (Å²) in [6, 6.07) is 31.3. The van der Waals surface area contributed by atoms with Gasteiger partial charge in [0.15, 0.2) is 11.6 Å². The summed E-state index contributed by atoms with van der Waals surface area (Å²) in [4.78, 5) is 54.4. The Balaban J connectivity index is 0.908. The van der Waals surface area contributed by atoms with Crippen molar-refractivity contribution >= 4 is 11.6 Å². The van der Waals surface area contributed by atoms with E-state index in [4.69, 9.17) is 15.2 Å². The molecule has 0 unspecified atom stereocenters. The van der Waals surface area contributed by atoms with E-state index in [0.717, 1.165) is 68.3 Å². The number of ketones is 2. The van der Waals surface area contributed by atoms with Crippen molar-refractivity contribution in [3.8, 4) is 68.5 Å². The van der Waals surface area contributed by atoms with Gasteiger partial charge in [-0.2, -0.15) is 20.7 Å². The lowest BCUT2D eigenvalue weighted by molar-refractivity contribution is -0.122. The van der Waals surface area contributed by atoms with Crippen LogP contribution in [0.3, 0.4) is 0 Å². The van der Waals surface area contributed by atoms with E-state index in [-0.39, 0.29) is 53.5 Å². The zero-order valence-electron chi connectivity index (χ0n) is 41.9. The first kappa shape index (κ1) is 48.0. The molecular formula is C60H49FN12O3. The molecule has 374 valence electrons. The first-order valence-electron chi connectivity index (χ1n) is 25.4. The average molecular weight is 1010 g/mol. The molecule has 6 heterocycles. The average Bonchev–Trinajstić information content (AvgIpc) is 4.27. The van der Waals surface area contributed by atoms with Crippen molar-refractivity contribution in [2.45, 2.75) is 77.0 Å². The fraction of sp³-hybridized carbons (Fsp3) is 0.267. The lowest BCUT2D eigenvalue weighted by Gasteiger charge is -2.46. The van der Waals surface area contributed by atoms with E-state index in [1.165, 1.54) is 12.7 Å². The van der Waals surface area contributed by atoms with Crippen LogP contribution in [0.1, 0.15) is 73.2 Å². The number of aliphatic hydroxyl groups excluding tert-OH is 1. The largest absolute Gasteiger partial charge is 0.390 e. The Hall–Kier alpha value is -8.99. The summed E-state index contributed by atoms with van der Waals surface area (Å²) in [6.45, 7) is 5.10. The second-order valence-electron chi connectivity index (χ2n) is 20.6. The summed E-state index contributed by atoms with van der Waals surface area (Å²) in [5.74, 6) is -1.69. The third-order valence-corrected chi connectivity index (χ3v) is 16.5. The first-order valence-corrected chi connectivity index (χ1v) is 25.4. The highest BCUT2D eigenvalue weighted by Gasteiger charge is 2.53. The number of hydrogen-bond donors (Lipinski definition) is 1. The minimum absolute atomic E-state index is 0.0477. The Labute approximate surface area is 437 Å². The number of nitriles is 2. The minimum atomic E-state index is -0.851. The van der Waals surface area contributed by atoms with Gasteiger partial charge in [-0.15, -0.1) is 0 Å². The number of aromatic nitrogens is 10. The van der Waals surface area contributed by atoms with Gasteiger partial charge in [-0.25, -0.2) is 33.7 Å². The predicted octanol–water partition coefficient (Wildman–Crippen LogP) is 9.26. The molecule has 8 aromatic rings. The molecule has 0 amide bonds. The Morgan fingerprint density at radius 1 is 0.645 bits per heavy atom. The minimum Gasteiger partial charge on any atom is -0.390 e. The summed E-state index contributed by atoms with van der Waals surface area (Å²) in [6.07, 6.45) is 14.5. The van der Waals surface area contributed by atoms with Crippen LogP contribution in [0.25, 0.3) is 56.4 Å². The Bertz CT molecular complexity index is 3800. The van der Waals surface area contributed by atoms with Gasteiger partial charge in [-0.3, -0.25) is 19.6 Å². The molecule has 0 saturated heterocycles. The standard InChI is InChI=1S/C60H49FN12O3/c1-34-49-14-12-46-53(51-17-19-64-32-67-51)70-72(57(46)59(49,2)26-39(29-62)55(34)75)45-10-6-36(7-11-45)38-23-41(69-43(24-38)31-74)25-48-50-15-13-47-54(52-18-20-65-33-68-52)71-73(58(47)60(50,3)27-40(30-63)56(48)76)44-8-4-35(5-9-44)37-16-21-66-42(22-37)28-61/h4-11,16-24,26-27,32-34,48-50,74H,12-15,25,28,31H2,1-3H3/t34-,48-,49-,50-,59-,60-/m1/s1. The van der Waals surface area contributed by atoms with E-state index in [2.05, 4.69) is 50.9 Å². The van der Waals surface area contributed by atoms with E-state index >= 15 is 0 Å². The summed E-state index contributed by atoms with van der Waals surface area (Å²) in [7, 11) is 0. The monoisotopic (exact) mass is 1000 g/mol. The van der Waals surface area contributed by atoms with Crippen molar-refractivity contribution in [3.63, 3.8) is 0 Å². The molecule has 4 aliphatic carbocycles. The van der Waals surface area contributed by atoms with Crippen LogP contribution in [0.15, 0.2) is 139 Å². The Kier molecular flexibility index (Phi) is 11.8. The molecule has 6 atom stereocenters. The highest BCUT2D eigenvalue weighted by atomic mass is 19.1. The van der Waals surface area contributed by atoms with Crippen LogP contribution in [-0.4, -0.2) is 66.1 Å². The van der Waals surface area contributed by atoms with Gasteiger partial charge in [-0.05, 0) is 120 Å². The maximum Gasteiger partial charge on any atom is 0.176 e. The maximum atomic E-state index is 14.6. The van der Waals surface area contributed by atoms with E-state index in [1.54, 1.807) is 24.7 Å². The van der Waals surface area contributed by atoms with Gasteiger partial charge in [0, 0.05) is 64.5 Å². The van der Waals surface area contributed by atoms with Crippen LogP contribution < -0.4 is 0 Å². The Morgan fingerprint density at radius 2 is 1.17 bits per heavy atom. The van der Waals surface area contributed by atoms with Gasteiger partial charge in [0.25, 0.3) is 0 Å². The molecule has 12 rings (SSSR count). The second-order valence-corrected chi connectivity index (χ2v) is 20.6. The third kappa shape index (κ3) is 7.78. The molecule has 0 spiro atoms. The van der Waals surface area contributed by atoms with Gasteiger partial charge in [0.2, 0.25) is 0 Å². The van der Waals surface area contributed by atoms with Crippen molar-refractivity contribution in [3.05, 3.63) is 179 Å². The second kappa shape index (κ2) is 18.7. The molecule has 4 aliphatic rings. The van der Waals surface area contributed by atoms with E-state index in [0.29, 0.717) is 53.4 Å². The van der Waals surface area contributed by atoms with Crippen molar-refractivity contribution in [1.82, 2.24) is 49.5 Å². The van der Waals surface area contributed by atoms with Crippen LogP contribution in [0.4, 0.5) is 4.39 Å². The summed E-state index contributed by atoms with van der Waals surface area (Å²) < 4.78 is 17.4. The topological polar surface area (TPSA) is 215 Å². The number of rotatable bonds is 10. The maximum absolute atomic E-state index is 14.6. The molecule has 2 aromatic carbocycles. The number of fused-ring (bicyclic) bond motifs is 6. The van der Waals surface area contributed by atoms with Gasteiger partial charge in [0.1, 0.15) is 42.9 Å². The molecule has 15 nitrogen and oxygen atoms in total. The van der Waals surface area contributed by atoms with Crippen LogP contribution in [0.2, 0.25) is 0 Å². The van der Waals surface area contributed by atoms with Crippen molar-refractivity contribution < 1.29 is 19.1 Å². The number of halogens is 1. The number of nitrogens with zero attached hydrogens (tertiary/aromatic N) is 12. The quantitative estimate of drug-likeness (QED) is 0.135. The van der Waals surface area contributed by atoms with Crippen LogP contribution in [-0.2, 0) is 53.0 Å². The van der Waals surface area contributed by atoms with Crippen molar-refractivity contribution in [2.75, 3.05) is 0 Å². The zero-order chi connectivity index (χ0) is 52.5. The summed E-state index contributed by atoms with van der Waals surface area (Å²) in [5, 5.41) is 41.9. The molecule has 0 fully saturated rings. The number of carbonyl (C=O) groups excluding carboxylic acids is 2. The fourth-order valence-electron chi connectivity index (χ4n) is 12.9. The normalized spacial score (nSPS) is 22.5. The third-order valence-electron chi connectivity index (χ3n) is 16.5. The van der Waals surface area contributed by atoms with Gasteiger partial charge in [0.05, 0.1) is 63.3 Å². The number of alkyl halides is 1. The van der Waals surface area contributed by atoms with E-state index in [9.17, 15) is 29.6 Å². The van der Waals surface area contributed by atoms with Gasteiger partial charge >= 0.3 is 0 Å². The highest BCUT2D eigenvalue weighted by Crippen LogP contribution is 2.54. The number of benzene rings is 2. The predicted molar refractivity (Wildman–Crippen MR) is 278 cm³/mol. The lowest BCUT2D eigenvalue weighted by atomic mass is 9.56. The van der Waals surface area contributed by atoms with E-state index < -0.39 is 23.4 Å². The smallest absolute Gasteiger partial charge is 0.176 e. The molecule has 0 aliphatic heterocycles. The number of hydrogen-bond acceptors (Lipinski definition) is 13. The number of allylic oxidation sites excluding steroid dienone is 4. The SMILES string of the molecule is C[C@H]1C(=O)C(C#N)=C[C@@]2(C)c3c(c(-c4ccncn4)nn3-c3ccc(-c4cc(CO)nc(C[C@H]5C(=O)C(C#N)=C[C@@]6(C)c7c(c(-c8ccncn8)nn7-c7ccc(-c8ccnc(CF)c8)cc7)CC[C@H]56)c4)cc3)CC[C@H]12. The Morgan fingerprint density at radius 3 is 1.71 bits per heavy atom. The molecule has 0 bridgehead atoms. The molecular weight excluding hydrogens is 956 g/mol. The van der Waals surface area contributed by atoms with Gasteiger partial charge < -0.3 is 5.11 Å². The van der Waals surface area contributed by atoms with E-state index in [1.807, 2.05) is 107 Å². The fourth-order valence-corrected chi connectivity index (χ4v) is 12.9. The first-order chi connectivity index (χ1) is 36.9. The molecule has 1 N–H and O–H groups in total. The molecule has 6 aromatic heterocycles.